The zero-order chi connectivity index (χ0) is 12.8. The lowest BCUT2D eigenvalue weighted by Gasteiger charge is -2.29. The number of aliphatic hydroxyl groups is 1. The van der Waals surface area contributed by atoms with Gasteiger partial charge in [-0.05, 0) is 25.1 Å². The van der Waals surface area contributed by atoms with Crippen LogP contribution in [-0.4, -0.2) is 37.0 Å². The van der Waals surface area contributed by atoms with Crippen LogP contribution in [0.1, 0.15) is 19.8 Å². The summed E-state index contributed by atoms with van der Waals surface area (Å²) in [6, 6.07) is 7.54. The highest BCUT2D eigenvalue weighted by atomic mass is 16.6. The third-order valence-electron chi connectivity index (χ3n) is 3.02. The molecule has 0 amide bonds. The van der Waals surface area contributed by atoms with Gasteiger partial charge in [0.2, 0.25) is 0 Å². The first-order valence-electron chi connectivity index (χ1n) is 6.58. The number of unbranched alkanes of at least 4 members (excludes halogenated alkanes) is 1. The zero-order valence-corrected chi connectivity index (χ0v) is 10.8. The predicted molar refractivity (Wildman–Crippen MR) is 70.1 cm³/mol. The van der Waals surface area contributed by atoms with E-state index < -0.39 is 6.10 Å². The number of ether oxygens (including phenoxy) is 2. The van der Waals surface area contributed by atoms with Crippen LogP contribution in [0, 0.1) is 0 Å². The van der Waals surface area contributed by atoms with Gasteiger partial charge >= 0.3 is 0 Å². The molecular formula is C14H21NO3. The van der Waals surface area contributed by atoms with E-state index in [9.17, 15) is 5.11 Å². The molecule has 0 radical (unpaired) electrons. The zero-order valence-electron chi connectivity index (χ0n) is 10.8. The summed E-state index contributed by atoms with van der Waals surface area (Å²) in [6.07, 6.45) is 1.43. The summed E-state index contributed by atoms with van der Waals surface area (Å²) in [5.41, 5.74) is 0. The molecule has 100 valence electrons. The Kier molecular flexibility index (Phi) is 4.84. The number of hydrogen-bond donors (Lipinski definition) is 2. The van der Waals surface area contributed by atoms with Crippen LogP contribution < -0.4 is 14.8 Å². The van der Waals surface area contributed by atoms with E-state index in [-0.39, 0.29) is 6.10 Å². The first kappa shape index (κ1) is 13.2. The molecule has 0 unspecified atom stereocenters. The first-order chi connectivity index (χ1) is 8.81. The Morgan fingerprint density at radius 1 is 1.39 bits per heavy atom. The molecular weight excluding hydrogens is 230 g/mol. The number of benzene rings is 1. The van der Waals surface area contributed by atoms with Crippen LogP contribution in [0.3, 0.4) is 0 Å². The second-order valence-electron chi connectivity index (χ2n) is 4.54. The van der Waals surface area contributed by atoms with Gasteiger partial charge < -0.3 is 19.9 Å². The molecule has 0 saturated carbocycles. The number of rotatable bonds is 6. The van der Waals surface area contributed by atoms with E-state index in [0.29, 0.717) is 18.9 Å². The van der Waals surface area contributed by atoms with Gasteiger partial charge in [0.1, 0.15) is 12.7 Å². The molecule has 0 aliphatic carbocycles. The summed E-state index contributed by atoms with van der Waals surface area (Å²) in [6.45, 7) is 4.01. The van der Waals surface area contributed by atoms with Crippen LogP contribution in [0.25, 0.3) is 0 Å². The summed E-state index contributed by atoms with van der Waals surface area (Å²) in [4.78, 5) is 0. The quantitative estimate of drug-likeness (QED) is 0.754. The molecule has 0 bridgehead atoms. The fourth-order valence-corrected chi connectivity index (χ4v) is 1.91. The van der Waals surface area contributed by atoms with E-state index in [4.69, 9.17) is 9.47 Å². The fraction of sp³-hybridized carbons (Fsp3) is 0.571. The third kappa shape index (κ3) is 3.37. The van der Waals surface area contributed by atoms with E-state index in [2.05, 4.69) is 12.2 Å². The number of nitrogens with one attached hydrogen (secondary N) is 1. The lowest BCUT2D eigenvalue weighted by molar-refractivity contribution is -0.00898. The highest BCUT2D eigenvalue weighted by Crippen LogP contribution is 2.31. The standard InChI is InChI=1S/C14H21NO3/c1-2-3-8-15-9-11(16)14-10-17-12-6-4-5-7-13(12)18-14/h4-7,11,14-16H,2-3,8-10H2,1H3/t11-,14-/m0/s1. The Bertz CT molecular complexity index is 370. The average Bonchev–Trinajstić information content (AvgIpc) is 2.43. The topological polar surface area (TPSA) is 50.7 Å². The van der Waals surface area contributed by atoms with E-state index >= 15 is 0 Å². The number of aliphatic hydroxyl groups excluding tert-OH is 1. The fourth-order valence-electron chi connectivity index (χ4n) is 1.91. The average molecular weight is 251 g/mol. The molecule has 1 heterocycles. The largest absolute Gasteiger partial charge is 0.486 e. The SMILES string of the molecule is CCCCNC[C@H](O)[C@@H]1COc2ccccc2O1. The minimum absolute atomic E-state index is 0.297. The van der Waals surface area contributed by atoms with Crippen molar-refractivity contribution in [3.05, 3.63) is 24.3 Å². The van der Waals surface area contributed by atoms with Crippen molar-refractivity contribution in [2.75, 3.05) is 19.7 Å². The molecule has 2 rings (SSSR count). The summed E-state index contributed by atoms with van der Waals surface area (Å²) >= 11 is 0. The van der Waals surface area contributed by atoms with Crippen LogP contribution in [0.15, 0.2) is 24.3 Å². The number of fused-ring (bicyclic) bond motifs is 1. The van der Waals surface area contributed by atoms with E-state index in [1.807, 2.05) is 24.3 Å². The van der Waals surface area contributed by atoms with Crippen molar-refractivity contribution < 1.29 is 14.6 Å². The van der Waals surface area contributed by atoms with Gasteiger partial charge in [0, 0.05) is 6.54 Å². The van der Waals surface area contributed by atoms with Gasteiger partial charge in [0.05, 0.1) is 0 Å². The van der Waals surface area contributed by atoms with Gasteiger partial charge in [-0.25, -0.2) is 0 Å². The molecule has 0 spiro atoms. The first-order valence-corrected chi connectivity index (χ1v) is 6.58. The van der Waals surface area contributed by atoms with Crippen LogP contribution >= 0.6 is 0 Å². The maximum atomic E-state index is 10.0. The lowest BCUT2D eigenvalue weighted by atomic mass is 10.2. The molecule has 1 aliphatic rings. The van der Waals surface area contributed by atoms with Gasteiger partial charge in [0.15, 0.2) is 17.6 Å². The minimum Gasteiger partial charge on any atom is -0.486 e. The third-order valence-corrected chi connectivity index (χ3v) is 3.02. The Labute approximate surface area is 108 Å². The monoisotopic (exact) mass is 251 g/mol. The molecule has 4 nitrogen and oxygen atoms in total. The van der Waals surface area contributed by atoms with E-state index in [0.717, 1.165) is 25.1 Å². The second kappa shape index (κ2) is 6.61. The summed E-state index contributed by atoms with van der Waals surface area (Å²) in [7, 11) is 0. The highest BCUT2D eigenvalue weighted by molar-refractivity contribution is 5.40. The molecule has 4 heteroatoms. The highest BCUT2D eigenvalue weighted by Gasteiger charge is 2.26. The van der Waals surface area contributed by atoms with E-state index in [1.54, 1.807) is 0 Å². The van der Waals surface area contributed by atoms with Gasteiger partial charge in [0.25, 0.3) is 0 Å². The Morgan fingerprint density at radius 2 is 2.17 bits per heavy atom. The van der Waals surface area contributed by atoms with Crippen molar-refractivity contribution >= 4 is 0 Å². The van der Waals surface area contributed by atoms with Crippen LogP contribution in [0.2, 0.25) is 0 Å². The lowest BCUT2D eigenvalue weighted by Crippen LogP contribution is -2.45. The molecule has 2 atom stereocenters. The molecule has 18 heavy (non-hydrogen) atoms. The summed E-state index contributed by atoms with van der Waals surface area (Å²) in [5, 5.41) is 13.3. The van der Waals surface area contributed by atoms with Crippen molar-refractivity contribution in [2.45, 2.75) is 32.0 Å². The maximum absolute atomic E-state index is 10.0. The predicted octanol–water partition coefficient (Wildman–Crippen LogP) is 1.58. The van der Waals surface area contributed by atoms with Gasteiger partial charge in [-0.2, -0.15) is 0 Å². The van der Waals surface area contributed by atoms with Crippen LogP contribution in [0.5, 0.6) is 11.5 Å². The van der Waals surface area contributed by atoms with Gasteiger partial charge in [-0.1, -0.05) is 25.5 Å². The smallest absolute Gasteiger partial charge is 0.161 e. The summed E-state index contributed by atoms with van der Waals surface area (Å²) in [5.74, 6) is 1.46. The Balaban J connectivity index is 1.81. The van der Waals surface area contributed by atoms with Crippen molar-refractivity contribution in [1.82, 2.24) is 5.32 Å². The molecule has 1 aromatic rings. The molecule has 0 saturated heterocycles. The van der Waals surface area contributed by atoms with Crippen molar-refractivity contribution in [3.8, 4) is 11.5 Å². The van der Waals surface area contributed by atoms with Crippen LogP contribution in [0.4, 0.5) is 0 Å². The summed E-state index contributed by atoms with van der Waals surface area (Å²) < 4.78 is 11.3. The number of para-hydroxylation sites is 2. The molecule has 0 fully saturated rings. The van der Waals surface area contributed by atoms with Crippen molar-refractivity contribution in [1.29, 1.82) is 0 Å². The second-order valence-corrected chi connectivity index (χ2v) is 4.54. The molecule has 1 aliphatic heterocycles. The molecule has 2 N–H and O–H groups in total. The van der Waals surface area contributed by atoms with Crippen molar-refractivity contribution in [3.63, 3.8) is 0 Å². The molecule has 1 aromatic carbocycles. The number of hydrogen-bond acceptors (Lipinski definition) is 4. The normalized spacial score (nSPS) is 19.6. The van der Waals surface area contributed by atoms with Gasteiger partial charge in [-0.3, -0.25) is 0 Å². The van der Waals surface area contributed by atoms with Gasteiger partial charge in [-0.15, -0.1) is 0 Å². The van der Waals surface area contributed by atoms with Crippen molar-refractivity contribution in [2.24, 2.45) is 0 Å². The maximum Gasteiger partial charge on any atom is 0.161 e. The van der Waals surface area contributed by atoms with E-state index in [1.165, 1.54) is 0 Å². The minimum atomic E-state index is -0.546. The Morgan fingerprint density at radius 3 is 2.94 bits per heavy atom. The molecule has 0 aromatic heterocycles. The Hall–Kier alpha value is -1.26. The van der Waals surface area contributed by atoms with Crippen LogP contribution in [-0.2, 0) is 0 Å².